The lowest BCUT2D eigenvalue weighted by atomic mass is 9.73. The molecule has 2 fully saturated rings. The van der Waals surface area contributed by atoms with E-state index in [1.54, 1.807) is 19.2 Å². The molecule has 32 heavy (non-hydrogen) atoms. The Kier molecular flexibility index (Phi) is 5.03. The fraction of sp³-hybridized carbons (Fsp3) is 0.320. The molecule has 3 aromatic rings. The Hall–Kier alpha value is -3.16. The van der Waals surface area contributed by atoms with Crippen molar-refractivity contribution in [3.05, 3.63) is 72.0 Å². The summed E-state index contributed by atoms with van der Waals surface area (Å²) in [7, 11) is 1.63. The van der Waals surface area contributed by atoms with Gasteiger partial charge >= 0.3 is 5.97 Å². The molecule has 0 aromatic heterocycles. The van der Waals surface area contributed by atoms with Crippen molar-refractivity contribution in [3.8, 4) is 11.5 Å². The largest absolute Gasteiger partial charge is 0.497 e. The average molecular weight is 437 g/mol. The van der Waals surface area contributed by atoms with Crippen LogP contribution in [0.15, 0.2) is 60.7 Å². The van der Waals surface area contributed by atoms with E-state index in [0.29, 0.717) is 32.1 Å². The molecule has 0 spiro atoms. The van der Waals surface area contributed by atoms with Gasteiger partial charge in [-0.15, -0.1) is 0 Å². The van der Waals surface area contributed by atoms with E-state index in [-0.39, 0.29) is 12.4 Å². The highest BCUT2D eigenvalue weighted by Gasteiger charge is 2.59. The average Bonchev–Trinajstić information content (AvgIpc) is 2.74. The summed E-state index contributed by atoms with van der Waals surface area (Å²) < 4.78 is 30.1. The van der Waals surface area contributed by atoms with Crippen molar-refractivity contribution < 1.29 is 28.5 Å². The maximum atomic E-state index is 13.4. The van der Waals surface area contributed by atoms with E-state index in [2.05, 4.69) is 4.90 Å². The van der Waals surface area contributed by atoms with E-state index in [4.69, 9.17) is 14.2 Å². The molecule has 3 aromatic carbocycles. The van der Waals surface area contributed by atoms with Gasteiger partial charge in [0.1, 0.15) is 29.3 Å². The molecule has 0 unspecified atom stereocenters. The van der Waals surface area contributed by atoms with Gasteiger partial charge in [-0.2, -0.15) is 0 Å². The molecular formula is C25H24FNO5. The van der Waals surface area contributed by atoms with Crippen LogP contribution in [0.2, 0.25) is 0 Å². The van der Waals surface area contributed by atoms with Gasteiger partial charge in [-0.3, -0.25) is 9.69 Å². The van der Waals surface area contributed by atoms with Crippen LogP contribution in [0.3, 0.4) is 0 Å². The van der Waals surface area contributed by atoms with Gasteiger partial charge in [0.15, 0.2) is 0 Å². The van der Waals surface area contributed by atoms with Crippen LogP contribution in [0.5, 0.6) is 11.5 Å². The Bertz CT molecular complexity index is 1150. The van der Waals surface area contributed by atoms with E-state index in [0.717, 1.165) is 22.1 Å². The fourth-order valence-electron chi connectivity index (χ4n) is 4.50. The lowest BCUT2D eigenvalue weighted by Crippen LogP contribution is -2.73. The lowest BCUT2D eigenvalue weighted by molar-refractivity contribution is -0.214. The molecule has 166 valence electrons. The van der Waals surface area contributed by atoms with Gasteiger partial charge in [-0.05, 0) is 52.7 Å². The zero-order valence-electron chi connectivity index (χ0n) is 17.7. The second-order valence-corrected chi connectivity index (χ2v) is 8.64. The van der Waals surface area contributed by atoms with Gasteiger partial charge < -0.3 is 19.3 Å². The minimum absolute atomic E-state index is 0.0703. The monoisotopic (exact) mass is 437 g/mol. The van der Waals surface area contributed by atoms with Crippen molar-refractivity contribution >= 4 is 16.7 Å². The van der Waals surface area contributed by atoms with Crippen LogP contribution >= 0.6 is 0 Å². The summed E-state index contributed by atoms with van der Waals surface area (Å²) >= 11 is 0. The fourth-order valence-corrected chi connectivity index (χ4v) is 4.50. The molecule has 2 heterocycles. The number of nitrogens with zero attached hydrogens (tertiary/aromatic N) is 1. The van der Waals surface area contributed by atoms with E-state index >= 15 is 0 Å². The predicted molar refractivity (Wildman–Crippen MR) is 117 cm³/mol. The molecule has 0 atom stereocenters. The number of methoxy groups -OCH3 is 1. The molecular weight excluding hydrogens is 413 g/mol. The second-order valence-electron chi connectivity index (χ2n) is 8.64. The molecule has 0 radical (unpaired) electrons. The number of carbonyl (C=O) groups is 1. The number of carboxylic acids is 1. The van der Waals surface area contributed by atoms with E-state index < -0.39 is 16.9 Å². The van der Waals surface area contributed by atoms with E-state index in [1.165, 1.54) is 12.1 Å². The third-order valence-electron chi connectivity index (χ3n) is 6.64. The van der Waals surface area contributed by atoms with Crippen LogP contribution in [0.25, 0.3) is 10.8 Å². The second kappa shape index (κ2) is 7.76. The third kappa shape index (κ3) is 3.38. The summed E-state index contributed by atoms with van der Waals surface area (Å²) in [6, 6.07) is 17.8. The molecule has 0 amide bonds. The van der Waals surface area contributed by atoms with Crippen LogP contribution in [0, 0.1) is 11.2 Å². The first kappa shape index (κ1) is 20.7. The number of rotatable bonds is 7. The molecule has 5 rings (SSSR count). The van der Waals surface area contributed by atoms with Crippen LogP contribution < -0.4 is 9.47 Å². The number of carboxylic acid groups (broad SMARTS) is 1. The maximum absolute atomic E-state index is 13.4. The van der Waals surface area contributed by atoms with E-state index in [9.17, 15) is 14.3 Å². The van der Waals surface area contributed by atoms with E-state index in [1.807, 2.05) is 36.4 Å². The Balaban J connectivity index is 1.30. The normalized spacial score (nSPS) is 19.1. The smallest absolute Gasteiger partial charge is 0.315 e. The lowest BCUT2D eigenvalue weighted by Gasteiger charge is -2.59. The van der Waals surface area contributed by atoms with Crippen molar-refractivity contribution in [2.45, 2.75) is 5.54 Å². The topological polar surface area (TPSA) is 68.2 Å². The Morgan fingerprint density at radius 2 is 1.66 bits per heavy atom. The van der Waals surface area contributed by atoms with Crippen molar-refractivity contribution in [3.63, 3.8) is 0 Å². The number of ether oxygens (including phenoxy) is 3. The number of halogens is 1. The summed E-state index contributed by atoms with van der Waals surface area (Å²) in [6.45, 7) is 1.68. The number of benzene rings is 3. The zero-order valence-corrected chi connectivity index (χ0v) is 17.7. The Morgan fingerprint density at radius 1 is 1.03 bits per heavy atom. The quantitative estimate of drug-likeness (QED) is 0.608. The summed E-state index contributed by atoms with van der Waals surface area (Å²) in [5, 5.41) is 12.0. The Labute approximate surface area is 185 Å². The molecule has 6 nitrogen and oxygen atoms in total. The minimum atomic E-state index is -1.00. The van der Waals surface area contributed by atoms with Gasteiger partial charge in [-0.1, -0.05) is 24.3 Å². The molecule has 2 saturated heterocycles. The summed E-state index contributed by atoms with van der Waals surface area (Å²) in [5.41, 5.74) is -0.471. The first-order chi connectivity index (χ1) is 15.4. The standard InChI is InChI=1S/C25H24FNO5/c1-30-21-8-2-18-11-22(9-3-17(18)10-21)32-14-24(23(28)29)12-27(13-24)25(15-31-16-25)19-4-6-20(26)7-5-19/h2-11H,12-16H2,1H3,(H,28,29). The van der Waals surface area contributed by atoms with Gasteiger partial charge in [-0.25, -0.2) is 4.39 Å². The predicted octanol–water partition coefficient (Wildman–Crippen LogP) is 3.68. The Morgan fingerprint density at radius 3 is 2.22 bits per heavy atom. The first-order valence-electron chi connectivity index (χ1n) is 10.5. The highest BCUT2D eigenvalue weighted by atomic mass is 19.1. The van der Waals surface area contributed by atoms with Gasteiger partial charge in [0.2, 0.25) is 0 Å². The molecule has 2 aliphatic heterocycles. The molecule has 7 heteroatoms. The van der Waals surface area contributed by atoms with Crippen LogP contribution in [-0.2, 0) is 15.1 Å². The summed E-state index contributed by atoms with van der Waals surface area (Å²) in [4.78, 5) is 14.3. The molecule has 0 bridgehead atoms. The summed E-state index contributed by atoms with van der Waals surface area (Å²) in [6.07, 6.45) is 0. The number of fused-ring (bicyclic) bond motifs is 1. The third-order valence-corrected chi connectivity index (χ3v) is 6.64. The number of hydrogen-bond acceptors (Lipinski definition) is 5. The van der Waals surface area contributed by atoms with Crippen LogP contribution in [0.4, 0.5) is 4.39 Å². The molecule has 2 aliphatic rings. The highest BCUT2D eigenvalue weighted by molar-refractivity contribution is 5.85. The van der Waals surface area contributed by atoms with Crippen LogP contribution in [0.1, 0.15) is 5.56 Å². The van der Waals surface area contributed by atoms with Crippen molar-refractivity contribution in [2.75, 3.05) is 40.0 Å². The van der Waals surface area contributed by atoms with Crippen molar-refractivity contribution in [1.29, 1.82) is 0 Å². The molecule has 0 aliphatic carbocycles. The number of hydrogen-bond donors (Lipinski definition) is 1. The zero-order chi connectivity index (χ0) is 22.3. The van der Waals surface area contributed by atoms with Gasteiger partial charge in [0, 0.05) is 13.1 Å². The first-order valence-corrected chi connectivity index (χ1v) is 10.5. The maximum Gasteiger partial charge on any atom is 0.315 e. The minimum Gasteiger partial charge on any atom is -0.497 e. The van der Waals surface area contributed by atoms with Crippen molar-refractivity contribution in [2.24, 2.45) is 5.41 Å². The van der Waals surface area contributed by atoms with Gasteiger partial charge in [0.25, 0.3) is 0 Å². The molecule has 0 saturated carbocycles. The summed E-state index contributed by atoms with van der Waals surface area (Å²) in [5.74, 6) is 0.228. The highest BCUT2D eigenvalue weighted by Crippen LogP contribution is 2.45. The number of likely N-dealkylation sites (tertiary alicyclic amines) is 1. The molecule has 1 N–H and O–H groups in total. The van der Waals surface area contributed by atoms with Crippen molar-refractivity contribution in [1.82, 2.24) is 4.90 Å². The SMILES string of the molecule is COc1ccc2cc(OCC3(C(=O)O)CN(C4(c5ccc(F)cc5)COC4)C3)ccc2c1. The van der Waals surface area contributed by atoms with Gasteiger partial charge in [0.05, 0.1) is 25.9 Å². The number of aliphatic carboxylic acids is 1. The van der Waals surface area contributed by atoms with Crippen LogP contribution in [-0.4, -0.2) is 56.0 Å².